The van der Waals surface area contributed by atoms with Gasteiger partial charge >= 0.3 is 6.09 Å². The maximum absolute atomic E-state index is 12.9. The average molecular weight is 613 g/mol. The fourth-order valence-corrected chi connectivity index (χ4v) is 4.48. The van der Waals surface area contributed by atoms with E-state index in [2.05, 4.69) is 0 Å². The second-order valence-electron chi connectivity index (χ2n) is 11.0. The Kier molecular flexibility index (Phi) is 11.6. The number of amides is 2. The van der Waals surface area contributed by atoms with E-state index in [4.69, 9.17) is 14.2 Å². The zero-order valence-electron chi connectivity index (χ0n) is 25.2. The van der Waals surface area contributed by atoms with E-state index in [1.807, 2.05) is 42.0 Å². The molecule has 232 valence electrons. The van der Waals surface area contributed by atoms with Gasteiger partial charge < -0.3 is 24.2 Å². The Hall–Kier alpha value is -4.09. The van der Waals surface area contributed by atoms with Crippen LogP contribution in [0, 0.1) is 0 Å². The number of ether oxygens (including phenoxy) is 3. The molecule has 0 saturated heterocycles. The predicted molar refractivity (Wildman–Crippen MR) is 165 cm³/mol. The molecule has 2 amide bonds. The minimum Gasteiger partial charge on any atom is -0.493 e. The van der Waals surface area contributed by atoms with Crippen LogP contribution >= 0.6 is 0 Å². The second kappa shape index (κ2) is 14.9. The van der Waals surface area contributed by atoms with Gasteiger partial charge in [0.25, 0.3) is 5.91 Å². The van der Waals surface area contributed by atoms with Crippen molar-refractivity contribution >= 4 is 22.0 Å². The third-order valence-electron chi connectivity index (χ3n) is 6.01. The summed E-state index contributed by atoms with van der Waals surface area (Å²) < 4.78 is 42.3. The lowest BCUT2D eigenvalue weighted by Crippen LogP contribution is -2.41. The molecule has 0 aliphatic carbocycles. The van der Waals surface area contributed by atoms with Gasteiger partial charge in [-0.3, -0.25) is 4.79 Å². The van der Waals surface area contributed by atoms with Crippen molar-refractivity contribution in [2.75, 3.05) is 32.6 Å². The summed E-state index contributed by atoms with van der Waals surface area (Å²) in [5, 5.41) is 10.7. The van der Waals surface area contributed by atoms with Crippen molar-refractivity contribution < 1.29 is 37.3 Å². The number of nitrogens with zero attached hydrogens (tertiary/aromatic N) is 1. The van der Waals surface area contributed by atoms with Gasteiger partial charge in [-0.15, -0.1) is 0 Å². The van der Waals surface area contributed by atoms with Gasteiger partial charge in [-0.25, -0.2) is 17.9 Å². The fourth-order valence-electron chi connectivity index (χ4n) is 4.03. The van der Waals surface area contributed by atoms with Crippen LogP contribution in [0.4, 0.5) is 4.79 Å². The predicted octanol–water partition coefficient (Wildman–Crippen LogP) is 5.18. The molecule has 10 nitrogen and oxygen atoms in total. The molecular weight excluding hydrogens is 572 g/mol. The van der Waals surface area contributed by atoms with Crippen LogP contribution in [0.15, 0.2) is 72.8 Å². The first kappa shape index (κ1) is 33.4. The number of carbonyl (C=O) groups excluding carboxylic acids is 2. The minimum absolute atomic E-state index is 0.0435. The van der Waals surface area contributed by atoms with Gasteiger partial charge in [-0.2, -0.15) is 0 Å². The lowest BCUT2D eigenvalue weighted by Gasteiger charge is -2.29. The highest BCUT2D eigenvalue weighted by Gasteiger charge is 2.25. The number of sulfonamides is 1. The number of benzene rings is 3. The molecule has 43 heavy (non-hydrogen) atoms. The fraction of sp³-hybridized carbons (Fsp3) is 0.375. The Labute approximate surface area is 253 Å². The minimum atomic E-state index is -3.73. The molecule has 0 bridgehead atoms. The van der Waals surface area contributed by atoms with E-state index in [1.165, 1.54) is 11.0 Å². The highest BCUT2D eigenvalue weighted by molar-refractivity contribution is 7.89. The largest absolute Gasteiger partial charge is 0.493 e. The smallest absolute Gasteiger partial charge is 0.410 e. The molecule has 3 aromatic rings. The van der Waals surface area contributed by atoms with Crippen molar-refractivity contribution in [2.24, 2.45) is 0 Å². The molecule has 0 unspecified atom stereocenters. The van der Waals surface area contributed by atoms with Crippen LogP contribution in [-0.4, -0.2) is 68.6 Å². The first-order valence-corrected chi connectivity index (χ1v) is 15.9. The Morgan fingerprint density at radius 3 is 2.19 bits per heavy atom. The van der Waals surface area contributed by atoms with Gasteiger partial charge in [-0.05, 0) is 68.1 Å². The number of hydrogen-bond acceptors (Lipinski definition) is 8. The van der Waals surface area contributed by atoms with E-state index in [0.717, 1.165) is 17.4 Å². The van der Waals surface area contributed by atoms with E-state index in [0.29, 0.717) is 24.3 Å². The molecule has 0 spiro atoms. The van der Waals surface area contributed by atoms with Crippen molar-refractivity contribution in [1.82, 2.24) is 9.62 Å². The van der Waals surface area contributed by atoms with Crippen LogP contribution in [0.5, 0.6) is 11.5 Å². The molecule has 3 aromatic carbocycles. The summed E-state index contributed by atoms with van der Waals surface area (Å²) in [6.45, 7) is 8.04. The molecule has 0 fully saturated rings. The number of aliphatic hydroxyl groups excluding tert-OH is 1. The van der Waals surface area contributed by atoms with Crippen molar-refractivity contribution in [1.29, 1.82) is 0 Å². The third kappa shape index (κ3) is 10.9. The van der Waals surface area contributed by atoms with E-state index in [1.54, 1.807) is 57.2 Å². The van der Waals surface area contributed by atoms with Crippen molar-refractivity contribution in [3.05, 3.63) is 83.9 Å². The lowest BCUT2D eigenvalue weighted by atomic mass is 10.0. The average Bonchev–Trinajstić information content (AvgIpc) is 2.94. The number of hydrogen-bond donors (Lipinski definition) is 2. The van der Waals surface area contributed by atoms with Crippen LogP contribution < -0.4 is 14.2 Å². The molecule has 2 N–H and O–H groups in total. The second-order valence-corrected chi connectivity index (χ2v) is 12.7. The molecule has 0 aliphatic rings. The summed E-state index contributed by atoms with van der Waals surface area (Å²) >= 11 is 0. The highest BCUT2D eigenvalue weighted by atomic mass is 32.2. The van der Waals surface area contributed by atoms with Gasteiger partial charge in [0, 0.05) is 0 Å². The van der Waals surface area contributed by atoms with Crippen LogP contribution in [0.1, 0.15) is 56.1 Å². The maximum atomic E-state index is 12.9. The Balaban J connectivity index is 1.69. The van der Waals surface area contributed by atoms with Gasteiger partial charge in [0.2, 0.25) is 10.0 Å². The number of aliphatic hydroxyl groups is 1. The quantitative estimate of drug-likeness (QED) is 0.270. The molecular formula is C32H40N2O8S. The molecule has 0 saturated carbocycles. The Bertz CT molecular complexity index is 1470. The lowest BCUT2D eigenvalue weighted by molar-refractivity contribution is 0.0117. The molecule has 3 rings (SSSR count). The van der Waals surface area contributed by atoms with Crippen molar-refractivity contribution in [3.8, 4) is 22.6 Å². The third-order valence-corrected chi connectivity index (χ3v) is 6.57. The van der Waals surface area contributed by atoms with Crippen LogP contribution in [0.2, 0.25) is 0 Å². The summed E-state index contributed by atoms with van der Waals surface area (Å²) in [7, 11) is -3.73. The highest BCUT2D eigenvalue weighted by Crippen LogP contribution is 2.29. The molecule has 0 heterocycles. The van der Waals surface area contributed by atoms with Crippen LogP contribution in [0.25, 0.3) is 11.1 Å². The van der Waals surface area contributed by atoms with Gasteiger partial charge in [0.1, 0.15) is 23.7 Å². The van der Waals surface area contributed by atoms with Gasteiger partial charge in [0.05, 0.1) is 37.6 Å². The van der Waals surface area contributed by atoms with E-state index >= 15 is 0 Å². The van der Waals surface area contributed by atoms with E-state index in [9.17, 15) is 23.1 Å². The van der Waals surface area contributed by atoms with Gasteiger partial charge in [-0.1, -0.05) is 55.5 Å². The molecule has 1 atom stereocenters. The first-order valence-electron chi connectivity index (χ1n) is 14.0. The number of rotatable bonds is 13. The normalized spacial score (nSPS) is 12.2. The summed E-state index contributed by atoms with van der Waals surface area (Å²) in [5.41, 5.74) is 1.71. The summed E-state index contributed by atoms with van der Waals surface area (Å²) in [6, 6.07) is 21.3. The number of nitrogens with one attached hydrogen (secondary N) is 1. The summed E-state index contributed by atoms with van der Waals surface area (Å²) in [4.78, 5) is 26.8. The zero-order valence-corrected chi connectivity index (χ0v) is 26.0. The Morgan fingerprint density at radius 1 is 0.930 bits per heavy atom. The van der Waals surface area contributed by atoms with E-state index < -0.39 is 33.7 Å². The topological polar surface area (TPSA) is 131 Å². The molecule has 0 radical (unpaired) electrons. The zero-order chi connectivity index (χ0) is 31.6. The molecule has 11 heteroatoms. The van der Waals surface area contributed by atoms with Crippen LogP contribution in [-0.2, 0) is 14.8 Å². The summed E-state index contributed by atoms with van der Waals surface area (Å²) in [5.74, 6) is 0.0875. The van der Waals surface area contributed by atoms with Gasteiger partial charge in [0.15, 0.2) is 0 Å². The monoisotopic (exact) mass is 612 g/mol. The summed E-state index contributed by atoms with van der Waals surface area (Å²) in [6.07, 6.45) is 0.192. The van der Waals surface area contributed by atoms with Crippen molar-refractivity contribution in [2.45, 2.75) is 45.8 Å². The van der Waals surface area contributed by atoms with Crippen molar-refractivity contribution in [3.63, 3.8) is 0 Å². The number of carbonyl (C=O) groups is 2. The SMILES string of the molecule is CCCOc1cc(-c2ccc(OCCN(C[C@H](O)c3ccccc3)C(=O)OC(C)(C)C)cc2)ccc1C(=O)NS(C)(=O)=O. The van der Waals surface area contributed by atoms with E-state index in [-0.39, 0.29) is 31.0 Å². The Morgan fingerprint density at radius 2 is 1.58 bits per heavy atom. The molecule has 0 aliphatic heterocycles. The molecule has 0 aromatic heterocycles. The van der Waals surface area contributed by atoms with Crippen LogP contribution in [0.3, 0.4) is 0 Å². The standard InChI is InChI=1S/C32H40N2O8S/c1-6-19-41-29-21-25(14-17-27(29)30(36)33-43(5,38)39)23-12-15-26(16-13-23)40-20-18-34(31(37)42-32(2,3)4)22-28(35)24-10-8-7-9-11-24/h7-17,21,28,35H,6,18-20,22H2,1-5H3,(H,33,36)/t28-/m0/s1. The maximum Gasteiger partial charge on any atom is 0.410 e. The first-order chi connectivity index (χ1) is 20.3.